The second-order valence-corrected chi connectivity index (χ2v) is 12.4. The SMILES string of the molecule is Br.Br.CCN(CC)c1ccc(C=Cc2nc3ccccc3s2)cc1.CCN(CC)c1ccc(C=Cc2nc3ccccc3s2)cc1. The molecule has 4 nitrogen and oxygen atoms in total. The fraction of sp³-hybridized carbons (Fsp3) is 0.211. The van der Waals surface area contributed by atoms with Crippen molar-refractivity contribution >= 4 is 113 Å². The molecule has 0 fully saturated rings. The molecule has 0 spiro atoms. The molecule has 2 aromatic heterocycles. The lowest BCUT2D eigenvalue weighted by Crippen LogP contribution is -2.21. The number of hydrogen-bond donors (Lipinski definition) is 0. The quantitative estimate of drug-likeness (QED) is 0.139. The second kappa shape index (κ2) is 18.7. The van der Waals surface area contributed by atoms with Crippen molar-refractivity contribution in [1.82, 2.24) is 9.97 Å². The summed E-state index contributed by atoms with van der Waals surface area (Å²) >= 11 is 3.45. The van der Waals surface area contributed by atoms with Crippen LogP contribution in [0.5, 0.6) is 0 Å². The molecule has 0 bridgehead atoms. The number of benzene rings is 4. The Morgan fingerprint density at radius 2 is 0.826 bits per heavy atom. The van der Waals surface area contributed by atoms with Crippen molar-refractivity contribution in [2.45, 2.75) is 27.7 Å². The van der Waals surface area contributed by atoms with Crippen LogP contribution < -0.4 is 9.80 Å². The minimum Gasteiger partial charge on any atom is -0.372 e. The molecule has 0 radical (unpaired) electrons. The Balaban J connectivity index is 0.000000240. The van der Waals surface area contributed by atoms with Crippen LogP contribution in [0.3, 0.4) is 0 Å². The largest absolute Gasteiger partial charge is 0.372 e. The van der Waals surface area contributed by atoms with Crippen LogP contribution in [0.15, 0.2) is 97.1 Å². The van der Waals surface area contributed by atoms with E-state index in [9.17, 15) is 0 Å². The first-order chi connectivity index (χ1) is 21.6. The minimum atomic E-state index is 0. The molecule has 0 aliphatic carbocycles. The Morgan fingerprint density at radius 3 is 1.15 bits per heavy atom. The van der Waals surface area contributed by atoms with Gasteiger partial charge in [0.1, 0.15) is 10.0 Å². The number of fused-ring (bicyclic) bond motifs is 2. The molecule has 4 aromatic carbocycles. The van der Waals surface area contributed by atoms with Crippen molar-refractivity contribution in [1.29, 1.82) is 0 Å². The Bertz CT molecular complexity index is 1620. The lowest BCUT2D eigenvalue weighted by Gasteiger charge is -2.20. The normalized spacial score (nSPS) is 10.9. The molecule has 6 rings (SSSR count). The molecule has 0 unspecified atom stereocenters. The van der Waals surface area contributed by atoms with Crippen LogP contribution in [0.2, 0.25) is 0 Å². The van der Waals surface area contributed by atoms with Gasteiger partial charge in [0, 0.05) is 37.6 Å². The van der Waals surface area contributed by atoms with Crippen molar-refractivity contribution in [2.24, 2.45) is 0 Å². The summed E-state index contributed by atoms with van der Waals surface area (Å²) in [6.07, 6.45) is 8.45. The number of para-hydroxylation sites is 2. The van der Waals surface area contributed by atoms with E-state index in [2.05, 4.69) is 157 Å². The van der Waals surface area contributed by atoms with Gasteiger partial charge in [-0.3, -0.25) is 0 Å². The monoisotopic (exact) mass is 776 g/mol. The first kappa shape index (κ1) is 37.2. The van der Waals surface area contributed by atoms with Crippen LogP contribution in [-0.2, 0) is 0 Å². The van der Waals surface area contributed by atoms with Gasteiger partial charge < -0.3 is 9.80 Å². The van der Waals surface area contributed by atoms with E-state index in [1.165, 1.54) is 31.9 Å². The van der Waals surface area contributed by atoms with Crippen LogP contribution in [-0.4, -0.2) is 36.1 Å². The Hall–Kier alpha value is -3.30. The summed E-state index contributed by atoms with van der Waals surface area (Å²) in [7, 11) is 0. The van der Waals surface area contributed by atoms with Crippen molar-refractivity contribution in [3.8, 4) is 0 Å². The van der Waals surface area contributed by atoms with Gasteiger partial charge in [0.15, 0.2) is 0 Å². The van der Waals surface area contributed by atoms with E-state index < -0.39 is 0 Å². The average molecular weight is 779 g/mol. The highest BCUT2D eigenvalue weighted by atomic mass is 79.9. The van der Waals surface area contributed by atoms with Crippen LogP contribution in [0.1, 0.15) is 48.8 Å². The highest BCUT2D eigenvalue weighted by Gasteiger charge is 2.03. The molecule has 0 aliphatic rings. The molecule has 8 heteroatoms. The highest BCUT2D eigenvalue weighted by Crippen LogP contribution is 2.25. The van der Waals surface area contributed by atoms with Gasteiger partial charge in [-0.1, -0.05) is 60.7 Å². The third kappa shape index (κ3) is 9.85. The molecule has 0 atom stereocenters. The van der Waals surface area contributed by atoms with Gasteiger partial charge in [-0.15, -0.1) is 56.6 Å². The molecule has 0 N–H and O–H groups in total. The summed E-state index contributed by atoms with van der Waals surface area (Å²) in [5, 5.41) is 2.10. The minimum absolute atomic E-state index is 0. The van der Waals surface area contributed by atoms with E-state index >= 15 is 0 Å². The maximum absolute atomic E-state index is 4.62. The van der Waals surface area contributed by atoms with Crippen molar-refractivity contribution in [2.75, 3.05) is 36.0 Å². The fourth-order valence-electron chi connectivity index (χ4n) is 5.03. The molecular weight excluding hydrogens is 736 g/mol. The summed E-state index contributed by atoms with van der Waals surface area (Å²) in [4.78, 5) is 13.9. The predicted molar refractivity (Wildman–Crippen MR) is 218 cm³/mol. The molecular formula is C38H42Br2N4S2. The maximum Gasteiger partial charge on any atom is 0.117 e. The first-order valence-corrected chi connectivity index (χ1v) is 17.0. The third-order valence-corrected chi connectivity index (χ3v) is 9.50. The number of aromatic nitrogens is 2. The summed E-state index contributed by atoms with van der Waals surface area (Å²) in [5.74, 6) is 0. The standard InChI is InChI=1S/2C19H20N2S.2BrH/c2*1-3-21(4-2)16-12-9-15(10-13-16)11-14-19-20-17-7-5-6-8-18(17)22-19;;/h2*5-14H,3-4H2,1-2H3;2*1H. The number of thiazole rings is 2. The zero-order valence-electron chi connectivity index (χ0n) is 26.8. The smallest absolute Gasteiger partial charge is 0.117 e. The fourth-order valence-corrected chi connectivity index (χ4v) is 6.77. The van der Waals surface area contributed by atoms with E-state index in [1.54, 1.807) is 22.7 Å². The van der Waals surface area contributed by atoms with Crippen molar-refractivity contribution in [3.63, 3.8) is 0 Å². The van der Waals surface area contributed by atoms with Gasteiger partial charge >= 0.3 is 0 Å². The molecule has 0 saturated heterocycles. The van der Waals surface area contributed by atoms with Gasteiger partial charge in [0.25, 0.3) is 0 Å². The Morgan fingerprint density at radius 1 is 0.478 bits per heavy atom. The van der Waals surface area contributed by atoms with E-state index in [0.717, 1.165) is 47.2 Å². The molecule has 240 valence electrons. The Kier molecular flexibility index (Phi) is 15.1. The van der Waals surface area contributed by atoms with Crippen LogP contribution in [0, 0.1) is 0 Å². The summed E-state index contributed by atoms with van der Waals surface area (Å²) in [6, 6.07) is 33.9. The molecule has 2 heterocycles. The van der Waals surface area contributed by atoms with E-state index in [-0.39, 0.29) is 34.0 Å². The van der Waals surface area contributed by atoms with Gasteiger partial charge in [-0.05, 0) is 99.5 Å². The topological polar surface area (TPSA) is 32.3 Å². The first-order valence-electron chi connectivity index (χ1n) is 15.4. The van der Waals surface area contributed by atoms with Gasteiger partial charge in [-0.2, -0.15) is 0 Å². The summed E-state index contributed by atoms with van der Waals surface area (Å²) < 4.78 is 2.47. The molecule has 6 aromatic rings. The van der Waals surface area contributed by atoms with Crippen LogP contribution in [0.4, 0.5) is 11.4 Å². The number of halogens is 2. The van der Waals surface area contributed by atoms with E-state index in [0.29, 0.717) is 0 Å². The molecule has 0 amide bonds. The highest BCUT2D eigenvalue weighted by molar-refractivity contribution is 8.93. The van der Waals surface area contributed by atoms with Crippen molar-refractivity contribution in [3.05, 3.63) is 118 Å². The number of nitrogens with zero attached hydrogens (tertiary/aromatic N) is 4. The summed E-state index contributed by atoms with van der Waals surface area (Å²) in [6.45, 7) is 12.9. The average Bonchev–Trinajstić information content (AvgIpc) is 3.69. The zero-order chi connectivity index (χ0) is 30.7. The van der Waals surface area contributed by atoms with Crippen molar-refractivity contribution < 1.29 is 0 Å². The van der Waals surface area contributed by atoms with E-state index in [1.807, 2.05) is 12.1 Å². The van der Waals surface area contributed by atoms with Crippen LogP contribution >= 0.6 is 56.6 Å². The number of anilines is 2. The predicted octanol–water partition coefficient (Wildman–Crippen LogP) is 11.8. The molecule has 0 aliphatic heterocycles. The zero-order valence-corrected chi connectivity index (χ0v) is 31.9. The Labute approximate surface area is 302 Å². The maximum atomic E-state index is 4.62. The molecule has 46 heavy (non-hydrogen) atoms. The number of rotatable bonds is 10. The van der Waals surface area contributed by atoms with Gasteiger partial charge in [0.05, 0.1) is 20.4 Å². The van der Waals surface area contributed by atoms with Gasteiger partial charge in [-0.25, -0.2) is 9.97 Å². The lowest BCUT2D eigenvalue weighted by molar-refractivity contribution is 0.866. The van der Waals surface area contributed by atoms with Crippen LogP contribution in [0.25, 0.3) is 44.7 Å². The second-order valence-electron chi connectivity index (χ2n) is 10.2. The summed E-state index contributed by atoms with van der Waals surface area (Å²) in [5.41, 5.74) is 7.11. The lowest BCUT2D eigenvalue weighted by atomic mass is 10.2. The van der Waals surface area contributed by atoms with Gasteiger partial charge in [0.2, 0.25) is 0 Å². The molecule has 0 saturated carbocycles. The van der Waals surface area contributed by atoms with E-state index in [4.69, 9.17) is 0 Å². The number of hydrogen-bond acceptors (Lipinski definition) is 6. The third-order valence-electron chi connectivity index (χ3n) is 7.50.